The molecule has 3 heteroatoms. The van der Waals surface area contributed by atoms with E-state index >= 15 is 0 Å². The molecule has 3 rings (SSSR count). The van der Waals surface area contributed by atoms with Crippen LogP contribution in [0.4, 0.5) is 5.69 Å². The molecule has 0 bridgehead atoms. The van der Waals surface area contributed by atoms with Gasteiger partial charge in [-0.2, -0.15) is 0 Å². The maximum Gasteiger partial charge on any atom is 0.130 e. The number of nitrogen functional groups attached to an aromatic ring is 1. The molecule has 0 spiro atoms. The fourth-order valence-corrected chi connectivity index (χ4v) is 3.98. The zero-order valence-corrected chi connectivity index (χ0v) is 16.5. The number of hydrogen-bond acceptors (Lipinski definition) is 3. The number of nitrogens with two attached hydrogens (primary N) is 1. The van der Waals surface area contributed by atoms with Gasteiger partial charge in [-0.05, 0) is 61.3 Å². The Morgan fingerprint density at radius 1 is 1.12 bits per heavy atom. The highest BCUT2D eigenvalue weighted by Gasteiger charge is 2.44. The summed E-state index contributed by atoms with van der Waals surface area (Å²) in [6.45, 7) is 10.2. The second-order valence-corrected chi connectivity index (χ2v) is 8.60. The van der Waals surface area contributed by atoms with Crippen LogP contribution in [0.2, 0.25) is 0 Å². The number of carbonyl (C=O) groups excluding carboxylic acids is 1. The number of thioether (sulfide) groups is 1. The van der Waals surface area contributed by atoms with E-state index in [0.29, 0.717) is 0 Å². The van der Waals surface area contributed by atoms with Gasteiger partial charge in [0, 0.05) is 16.2 Å². The quantitative estimate of drug-likeness (QED) is 0.492. The Hall–Kier alpha value is -2.26. The smallest absolute Gasteiger partial charge is 0.130 e. The minimum absolute atomic E-state index is 0.230. The van der Waals surface area contributed by atoms with Crippen molar-refractivity contribution in [2.45, 2.75) is 39.0 Å². The molecular formula is C23H25NOS. The van der Waals surface area contributed by atoms with Crippen LogP contribution in [0.5, 0.6) is 0 Å². The van der Waals surface area contributed by atoms with E-state index in [-0.39, 0.29) is 5.41 Å². The van der Waals surface area contributed by atoms with Gasteiger partial charge in [-0.3, -0.25) is 0 Å². The number of carbonyl (C=O) groups is 1. The van der Waals surface area contributed by atoms with Crippen LogP contribution in [0.3, 0.4) is 0 Å². The summed E-state index contributed by atoms with van der Waals surface area (Å²) >= 11 is 1.68. The molecule has 2 aromatic rings. The van der Waals surface area contributed by atoms with Crippen LogP contribution in [0.1, 0.15) is 44.7 Å². The standard InChI is InChI=1S/C23H25NOS/c1-15(2)22(26-16(3)4)18-7-10-20(21(24)13-18)17-5-8-19(9-6-17)23(14-25)11-12-23/h5-10,13-14H,3,11-12,24H2,1-2,4H3. The molecule has 2 N–H and O–H groups in total. The molecule has 2 aromatic carbocycles. The zero-order valence-electron chi connectivity index (χ0n) is 15.6. The highest BCUT2D eigenvalue weighted by Crippen LogP contribution is 2.46. The van der Waals surface area contributed by atoms with Gasteiger partial charge in [0.25, 0.3) is 0 Å². The van der Waals surface area contributed by atoms with Crippen molar-refractivity contribution in [1.29, 1.82) is 0 Å². The second kappa shape index (κ2) is 7.16. The number of rotatable bonds is 6. The second-order valence-electron chi connectivity index (χ2n) is 7.29. The third-order valence-electron chi connectivity index (χ3n) is 4.83. The Morgan fingerprint density at radius 2 is 1.77 bits per heavy atom. The maximum absolute atomic E-state index is 11.3. The first kappa shape index (κ1) is 18.5. The van der Waals surface area contributed by atoms with Gasteiger partial charge in [-0.15, -0.1) is 0 Å². The summed E-state index contributed by atoms with van der Waals surface area (Å²) in [7, 11) is 0. The van der Waals surface area contributed by atoms with Gasteiger partial charge >= 0.3 is 0 Å². The minimum Gasteiger partial charge on any atom is -0.398 e. The number of aldehydes is 1. The van der Waals surface area contributed by atoms with Crippen LogP contribution in [-0.2, 0) is 10.2 Å². The molecule has 0 atom stereocenters. The molecule has 134 valence electrons. The molecule has 1 aliphatic carbocycles. The lowest BCUT2D eigenvalue weighted by Crippen LogP contribution is -2.07. The van der Waals surface area contributed by atoms with E-state index < -0.39 is 0 Å². The summed E-state index contributed by atoms with van der Waals surface area (Å²) in [5, 5.41) is 0. The normalized spacial score (nSPS) is 14.6. The van der Waals surface area contributed by atoms with E-state index in [1.165, 1.54) is 10.5 Å². The van der Waals surface area contributed by atoms with E-state index in [4.69, 9.17) is 5.73 Å². The van der Waals surface area contributed by atoms with Crippen LogP contribution in [0.25, 0.3) is 16.0 Å². The van der Waals surface area contributed by atoms with Crippen molar-refractivity contribution in [2.24, 2.45) is 0 Å². The summed E-state index contributed by atoms with van der Waals surface area (Å²) in [6.07, 6.45) is 3.00. The average molecular weight is 364 g/mol. The van der Waals surface area contributed by atoms with Gasteiger partial charge in [-0.25, -0.2) is 0 Å². The molecule has 1 aliphatic rings. The Bertz CT molecular complexity index is 885. The molecule has 0 amide bonds. The monoisotopic (exact) mass is 363 g/mol. The fraction of sp³-hybridized carbons (Fsp3) is 0.261. The zero-order chi connectivity index (χ0) is 18.9. The largest absolute Gasteiger partial charge is 0.398 e. The number of allylic oxidation sites excluding steroid dienone is 2. The van der Waals surface area contributed by atoms with Crippen molar-refractivity contribution in [3.63, 3.8) is 0 Å². The molecule has 1 fully saturated rings. The lowest BCUT2D eigenvalue weighted by atomic mass is 9.94. The predicted molar refractivity (Wildman–Crippen MR) is 114 cm³/mol. The van der Waals surface area contributed by atoms with E-state index in [1.54, 1.807) is 11.8 Å². The number of benzene rings is 2. The Balaban J connectivity index is 1.91. The summed E-state index contributed by atoms with van der Waals surface area (Å²) in [5.74, 6) is 0. The summed E-state index contributed by atoms with van der Waals surface area (Å²) in [5.41, 5.74) is 12.5. The first-order valence-corrected chi connectivity index (χ1v) is 9.66. The van der Waals surface area contributed by atoms with E-state index in [9.17, 15) is 4.79 Å². The molecule has 0 saturated heterocycles. The molecule has 0 radical (unpaired) electrons. The van der Waals surface area contributed by atoms with Crippen LogP contribution in [0.15, 0.2) is 59.5 Å². The van der Waals surface area contributed by atoms with Crippen molar-refractivity contribution in [3.8, 4) is 11.1 Å². The van der Waals surface area contributed by atoms with E-state index in [1.807, 2.05) is 13.0 Å². The summed E-state index contributed by atoms with van der Waals surface area (Å²) in [4.78, 5) is 13.6. The molecule has 0 heterocycles. The van der Waals surface area contributed by atoms with Gasteiger partial charge in [0.15, 0.2) is 0 Å². The van der Waals surface area contributed by atoms with Crippen LogP contribution in [0, 0.1) is 0 Å². The molecule has 1 saturated carbocycles. The molecule has 26 heavy (non-hydrogen) atoms. The van der Waals surface area contributed by atoms with Crippen molar-refractivity contribution >= 4 is 28.6 Å². The van der Waals surface area contributed by atoms with Gasteiger partial charge in [-0.1, -0.05) is 60.3 Å². The van der Waals surface area contributed by atoms with Gasteiger partial charge < -0.3 is 10.5 Å². The lowest BCUT2D eigenvalue weighted by Gasteiger charge is -2.14. The van der Waals surface area contributed by atoms with Gasteiger partial charge in [0.1, 0.15) is 6.29 Å². The first-order chi connectivity index (χ1) is 12.4. The van der Waals surface area contributed by atoms with Crippen molar-refractivity contribution in [2.75, 3.05) is 5.73 Å². The van der Waals surface area contributed by atoms with Crippen LogP contribution in [-0.4, -0.2) is 6.29 Å². The predicted octanol–water partition coefficient (Wildman–Crippen LogP) is 6.18. The first-order valence-electron chi connectivity index (χ1n) is 8.84. The Morgan fingerprint density at radius 3 is 2.23 bits per heavy atom. The summed E-state index contributed by atoms with van der Waals surface area (Å²) in [6, 6.07) is 14.5. The molecular weight excluding hydrogens is 338 g/mol. The number of hydrogen-bond donors (Lipinski definition) is 1. The highest BCUT2D eigenvalue weighted by atomic mass is 32.2. The van der Waals surface area contributed by atoms with E-state index in [2.05, 4.69) is 56.8 Å². The van der Waals surface area contributed by atoms with Crippen LogP contribution >= 0.6 is 11.8 Å². The fourth-order valence-electron chi connectivity index (χ4n) is 3.18. The third-order valence-corrected chi connectivity index (χ3v) is 6.03. The van der Waals surface area contributed by atoms with Crippen LogP contribution < -0.4 is 5.73 Å². The van der Waals surface area contributed by atoms with Gasteiger partial charge in [0.2, 0.25) is 0 Å². The van der Waals surface area contributed by atoms with Gasteiger partial charge in [0.05, 0.1) is 5.41 Å². The minimum atomic E-state index is -0.230. The Kier molecular flexibility index (Phi) is 5.10. The van der Waals surface area contributed by atoms with Crippen molar-refractivity contribution in [1.82, 2.24) is 0 Å². The lowest BCUT2D eigenvalue weighted by molar-refractivity contribution is -0.109. The van der Waals surface area contributed by atoms with Crippen molar-refractivity contribution in [3.05, 3.63) is 70.6 Å². The molecule has 0 aliphatic heterocycles. The molecule has 0 unspecified atom stereocenters. The molecule has 2 nitrogen and oxygen atoms in total. The Labute approximate surface area is 160 Å². The maximum atomic E-state index is 11.3. The SMILES string of the molecule is C=C(C)SC(=C(C)C)c1ccc(-c2ccc(C3(C=O)CC3)cc2)c(N)c1. The third kappa shape index (κ3) is 3.63. The topological polar surface area (TPSA) is 43.1 Å². The highest BCUT2D eigenvalue weighted by molar-refractivity contribution is 8.11. The summed E-state index contributed by atoms with van der Waals surface area (Å²) < 4.78 is 0. The average Bonchev–Trinajstić information content (AvgIpc) is 3.41. The van der Waals surface area contributed by atoms with E-state index in [0.717, 1.165) is 52.0 Å². The molecule has 0 aromatic heterocycles. The number of anilines is 1. The van der Waals surface area contributed by atoms with Crippen molar-refractivity contribution < 1.29 is 4.79 Å².